The standard InChI is InChI=1S/C13H17Cl3N2O3/c1-3-20-4-5-21-8(2)13(19)18-17-12-10(15)6-9(14)7-11(12)16/h6-8,17H,3-5H2,1-2H3,(H,18,19). The molecule has 1 atom stereocenters. The molecule has 0 fully saturated rings. The number of hydrazine groups is 1. The molecule has 0 saturated heterocycles. The monoisotopic (exact) mass is 354 g/mol. The molecule has 0 aliphatic heterocycles. The van der Waals surface area contributed by atoms with Crippen LogP contribution in [0.2, 0.25) is 15.1 Å². The third kappa shape index (κ3) is 6.28. The largest absolute Gasteiger partial charge is 0.379 e. The third-order valence-electron chi connectivity index (χ3n) is 2.49. The zero-order valence-electron chi connectivity index (χ0n) is 11.7. The number of carbonyl (C=O) groups is 1. The molecule has 1 unspecified atom stereocenters. The van der Waals surface area contributed by atoms with Crippen molar-refractivity contribution in [3.05, 3.63) is 27.2 Å². The highest BCUT2D eigenvalue weighted by molar-refractivity contribution is 6.41. The van der Waals surface area contributed by atoms with Gasteiger partial charge in [-0.25, -0.2) is 0 Å². The van der Waals surface area contributed by atoms with Gasteiger partial charge < -0.3 is 9.47 Å². The van der Waals surface area contributed by atoms with Gasteiger partial charge in [0.2, 0.25) is 0 Å². The van der Waals surface area contributed by atoms with Crippen LogP contribution >= 0.6 is 34.8 Å². The maximum Gasteiger partial charge on any atom is 0.267 e. The molecular weight excluding hydrogens is 339 g/mol. The second kappa shape index (κ2) is 9.33. The number of rotatable bonds is 8. The summed E-state index contributed by atoms with van der Waals surface area (Å²) in [4.78, 5) is 11.8. The second-order valence-electron chi connectivity index (χ2n) is 4.07. The summed E-state index contributed by atoms with van der Waals surface area (Å²) in [5.74, 6) is -0.353. The number of nitrogens with one attached hydrogen (secondary N) is 2. The molecular formula is C13H17Cl3N2O3. The van der Waals surface area contributed by atoms with E-state index in [0.29, 0.717) is 40.6 Å². The number of carbonyl (C=O) groups excluding carboxylic acids is 1. The first-order valence-electron chi connectivity index (χ1n) is 6.35. The molecule has 118 valence electrons. The Hall–Kier alpha value is -0.720. The van der Waals surface area contributed by atoms with Crippen LogP contribution in [-0.2, 0) is 14.3 Å². The van der Waals surface area contributed by atoms with Crippen LogP contribution in [0.5, 0.6) is 0 Å². The van der Waals surface area contributed by atoms with Crippen LogP contribution in [0.3, 0.4) is 0 Å². The summed E-state index contributed by atoms with van der Waals surface area (Å²) in [6.07, 6.45) is -0.636. The number of ether oxygens (including phenoxy) is 2. The van der Waals surface area contributed by atoms with Crippen LogP contribution < -0.4 is 10.9 Å². The second-order valence-corrected chi connectivity index (χ2v) is 5.32. The van der Waals surface area contributed by atoms with Crippen molar-refractivity contribution in [2.24, 2.45) is 0 Å². The highest BCUT2D eigenvalue weighted by Gasteiger charge is 2.14. The predicted molar refractivity (Wildman–Crippen MR) is 85.1 cm³/mol. The number of anilines is 1. The highest BCUT2D eigenvalue weighted by Crippen LogP contribution is 2.33. The van der Waals surface area contributed by atoms with Gasteiger partial charge in [-0.1, -0.05) is 34.8 Å². The van der Waals surface area contributed by atoms with Crippen molar-refractivity contribution in [2.75, 3.05) is 25.2 Å². The number of hydrogen-bond acceptors (Lipinski definition) is 4. The molecule has 1 aromatic rings. The molecule has 1 amide bonds. The summed E-state index contributed by atoms with van der Waals surface area (Å²) in [5.41, 5.74) is 5.50. The molecule has 21 heavy (non-hydrogen) atoms. The minimum Gasteiger partial charge on any atom is -0.379 e. The van der Waals surface area contributed by atoms with Gasteiger partial charge in [-0.3, -0.25) is 15.6 Å². The number of amides is 1. The van der Waals surface area contributed by atoms with Crippen LogP contribution in [-0.4, -0.2) is 31.8 Å². The fourth-order valence-electron chi connectivity index (χ4n) is 1.39. The summed E-state index contributed by atoms with van der Waals surface area (Å²) >= 11 is 17.8. The average molecular weight is 356 g/mol. The van der Waals surface area contributed by atoms with E-state index in [4.69, 9.17) is 44.3 Å². The van der Waals surface area contributed by atoms with Gasteiger partial charge >= 0.3 is 0 Å². The Morgan fingerprint density at radius 1 is 1.24 bits per heavy atom. The van der Waals surface area contributed by atoms with Crippen molar-refractivity contribution in [3.63, 3.8) is 0 Å². The summed E-state index contributed by atoms with van der Waals surface area (Å²) in [5, 5.41) is 1.02. The van der Waals surface area contributed by atoms with Gasteiger partial charge in [0, 0.05) is 11.6 Å². The third-order valence-corrected chi connectivity index (χ3v) is 3.30. The molecule has 5 nitrogen and oxygen atoms in total. The molecule has 0 aliphatic rings. The smallest absolute Gasteiger partial charge is 0.267 e. The predicted octanol–water partition coefficient (Wildman–Crippen LogP) is 3.53. The number of benzene rings is 1. The summed E-state index contributed by atoms with van der Waals surface area (Å²) < 4.78 is 10.4. The Balaban J connectivity index is 2.46. The quantitative estimate of drug-likeness (QED) is 0.553. The maximum absolute atomic E-state index is 11.8. The lowest BCUT2D eigenvalue weighted by Gasteiger charge is -2.16. The molecule has 0 spiro atoms. The van der Waals surface area contributed by atoms with Crippen LogP contribution in [0, 0.1) is 0 Å². The van der Waals surface area contributed by atoms with Crippen molar-refractivity contribution in [1.29, 1.82) is 0 Å². The van der Waals surface area contributed by atoms with E-state index < -0.39 is 6.10 Å². The Kier molecular flexibility index (Phi) is 8.14. The number of hydrogen-bond donors (Lipinski definition) is 2. The van der Waals surface area contributed by atoms with E-state index in [1.165, 1.54) is 12.1 Å². The zero-order chi connectivity index (χ0) is 15.8. The molecule has 0 aliphatic carbocycles. The van der Waals surface area contributed by atoms with E-state index in [9.17, 15) is 4.79 Å². The summed E-state index contributed by atoms with van der Waals surface area (Å²) in [6, 6.07) is 3.04. The topological polar surface area (TPSA) is 59.6 Å². The Labute approximate surface area is 138 Å². The Morgan fingerprint density at radius 3 is 2.43 bits per heavy atom. The van der Waals surface area contributed by atoms with Gasteiger partial charge in [0.15, 0.2) is 0 Å². The SMILES string of the molecule is CCOCCOC(C)C(=O)NNc1c(Cl)cc(Cl)cc1Cl. The average Bonchev–Trinajstić information content (AvgIpc) is 2.41. The lowest BCUT2D eigenvalue weighted by atomic mass is 10.3. The molecule has 0 heterocycles. The first kappa shape index (κ1) is 18.3. The van der Waals surface area contributed by atoms with E-state index in [0.717, 1.165) is 0 Å². The molecule has 0 bridgehead atoms. The zero-order valence-corrected chi connectivity index (χ0v) is 14.0. The van der Waals surface area contributed by atoms with Gasteiger partial charge in [0.25, 0.3) is 5.91 Å². The summed E-state index contributed by atoms with van der Waals surface area (Å²) in [6.45, 7) is 4.91. The first-order chi connectivity index (χ1) is 9.95. The van der Waals surface area contributed by atoms with Crippen molar-refractivity contribution in [2.45, 2.75) is 20.0 Å². The van der Waals surface area contributed by atoms with Gasteiger partial charge in [-0.15, -0.1) is 0 Å². The molecule has 0 radical (unpaired) electrons. The van der Waals surface area contributed by atoms with Gasteiger partial charge in [-0.05, 0) is 26.0 Å². The van der Waals surface area contributed by atoms with Crippen molar-refractivity contribution < 1.29 is 14.3 Å². The molecule has 1 aromatic carbocycles. The fraction of sp³-hybridized carbons (Fsp3) is 0.462. The lowest BCUT2D eigenvalue weighted by Crippen LogP contribution is -2.38. The van der Waals surface area contributed by atoms with E-state index >= 15 is 0 Å². The van der Waals surface area contributed by atoms with E-state index in [1.54, 1.807) is 6.92 Å². The van der Waals surface area contributed by atoms with Gasteiger partial charge in [0.1, 0.15) is 6.10 Å². The fourth-order valence-corrected chi connectivity index (χ4v) is 2.30. The molecule has 0 aromatic heterocycles. The first-order valence-corrected chi connectivity index (χ1v) is 7.48. The van der Waals surface area contributed by atoms with Crippen molar-refractivity contribution in [1.82, 2.24) is 5.43 Å². The van der Waals surface area contributed by atoms with Gasteiger partial charge in [0.05, 0.1) is 28.9 Å². The van der Waals surface area contributed by atoms with Crippen LogP contribution in [0.15, 0.2) is 12.1 Å². The van der Waals surface area contributed by atoms with Crippen LogP contribution in [0.4, 0.5) is 5.69 Å². The van der Waals surface area contributed by atoms with Gasteiger partial charge in [-0.2, -0.15) is 0 Å². The molecule has 8 heteroatoms. The minimum absolute atomic E-state index is 0.303. The lowest BCUT2D eigenvalue weighted by molar-refractivity contribution is -0.132. The van der Waals surface area contributed by atoms with Crippen LogP contribution in [0.25, 0.3) is 0 Å². The maximum atomic E-state index is 11.8. The number of halogens is 3. The van der Waals surface area contributed by atoms with E-state index in [2.05, 4.69) is 10.9 Å². The highest BCUT2D eigenvalue weighted by atomic mass is 35.5. The summed E-state index contributed by atoms with van der Waals surface area (Å²) in [7, 11) is 0. The van der Waals surface area contributed by atoms with Crippen LogP contribution in [0.1, 0.15) is 13.8 Å². The minimum atomic E-state index is -0.636. The molecule has 1 rings (SSSR count). The van der Waals surface area contributed by atoms with Crippen molar-refractivity contribution >= 4 is 46.4 Å². The molecule has 2 N–H and O–H groups in total. The van der Waals surface area contributed by atoms with E-state index in [1.807, 2.05) is 6.92 Å². The van der Waals surface area contributed by atoms with E-state index in [-0.39, 0.29) is 5.91 Å². The molecule has 0 saturated carbocycles. The Bertz CT molecular complexity index is 463. The Morgan fingerprint density at radius 2 is 1.86 bits per heavy atom. The van der Waals surface area contributed by atoms with Crippen molar-refractivity contribution in [3.8, 4) is 0 Å². The normalized spacial score (nSPS) is 12.0.